The van der Waals surface area contributed by atoms with E-state index in [2.05, 4.69) is 10.3 Å². The minimum Gasteiger partial charge on any atom is -0.332 e. The number of hydrogen-bond donors (Lipinski definition) is 2. The summed E-state index contributed by atoms with van der Waals surface area (Å²) >= 11 is 1.47. The molecule has 1 aromatic carbocycles. The zero-order chi connectivity index (χ0) is 15.5. The molecule has 0 aliphatic rings. The van der Waals surface area contributed by atoms with Gasteiger partial charge in [-0.25, -0.2) is 22.9 Å². The van der Waals surface area contributed by atoms with E-state index in [1.54, 1.807) is 12.1 Å². The minimum atomic E-state index is -3.86. The van der Waals surface area contributed by atoms with Crippen LogP contribution in [0.5, 0.6) is 0 Å². The van der Waals surface area contributed by atoms with Crippen molar-refractivity contribution >= 4 is 27.4 Å². The molecule has 2 amide bonds. The zero-order valence-electron chi connectivity index (χ0n) is 11.6. The van der Waals surface area contributed by atoms with Gasteiger partial charge in [-0.1, -0.05) is 17.7 Å². The molecule has 112 valence electrons. The van der Waals surface area contributed by atoms with Crippen LogP contribution >= 0.6 is 11.3 Å². The molecule has 0 radical (unpaired) electrons. The Hall–Kier alpha value is -1.93. The van der Waals surface area contributed by atoms with Crippen molar-refractivity contribution in [1.82, 2.24) is 15.0 Å². The number of aromatic nitrogens is 1. The van der Waals surface area contributed by atoms with E-state index in [1.165, 1.54) is 23.5 Å². The molecule has 8 heteroatoms. The van der Waals surface area contributed by atoms with Gasteiger partial charge in [-0.2, -0.15) is 0 Å². The van der Waals surface area contributed by atoms with Gasteiger partial charge in [-0.15, -0.1) is 11.3 Å². The Kier molecular flexibility index (Phi) is 4.59. The lowest BCUT2D eigenvalue weighted by atomic mass is 10.2. The summed E-state index contributed by atoms with van der Waals surface area (Å²) in [5.74, 6) is 0. The van der Waals surface area contributed by atoms with Gasteiger partial charge in [0.25, 0.3) is 10.0 Å². The number of rotatable bonds is 4. The van der Waals surface area contributed by atoms with Crippen LogP contribution in [0.1, 0.15) is 16.3 Å². The highest BCUT2D eigenvalue weighted by molar-refractivity contribution is 7.90. The van der Waals surface area contributed by atoms with Crippen molar-refractivity contribution in [2.45, 2.75) is 25.3 Å². The molecule has 2 aromatic rings. The minimum absolute atomic E-state index is 0.0488. The van der Waals surface area contributed by atoms with Crippen LogP contribution < -0.4 is 10.0 Å². The molecule has 0 saturated heterocycles. The first kappa shape index (κ1) is 15.5. The Morgan fingerprint density at radius 3 is 2.48 bits per heavy atom. The molecule has 0 fully saturated rings. The lowest BCUT2D eigenvalue weighted by Gasteiger charge is -2.08. The van der Waals surface area contributed by atoms with E-state index >= 15 is 0 Å². The Labute approximate surface area is 127 Å². The number of sulfonamides is 1. The van der Waals surface area contributed by atoms with Gasteiger partial charge >= 0.3 is 6.03 Å². The maximum Gasteiger partial charge on any atom is 0.329 e. The van der Waals surface area contributed by atoms with Crippen LogP contribution in [0.3, 0.4) is 0 Å². The Balaban J connectivity index is 1.96. The van der Waals surface area contributed by atoms with E-state index in [1.807, 2.05) is 23.9 Å². The standard InChI is InChI=1S/C13H15N3O3S2/c1-9-3-5-12(6-4-9)21(18,19)16-13(17)14-7-11-8-20-10(2)15-11/h3-6,8H,7H2,1-2H3,(H2,14,16,17). The second kappa shape index (κ2) is 6.23. The van der Waals surface area contributed by atoms with Crippen molar-refractivity contribution in [3.8, 4) is 0 Å². The Morgan fingerprint density at radius 1 is 1.24 bits per heavy atom. The van der Waals surface area contributed by atoms with Gasteiger partial charge in [0.05, 0.1) is 22.1 Å². The number of thiazole rings is 1. The Bertz CT molecular complexity index is 736. The highest BCUT2D eigenvalue weighted by atomic mass is 32.2. The smallest absolute Gasteiger partial charge is 0.329 e. The molecule has 2 rings (SSSR count). The molecule has 6 nitrogen and oxygen atoms in total. The van der Waals surface area contributed by atoms with Crippen molar-refractivity contribution in [3.05, 3.63) is 45.9 Å². The average molecular weight is 325 g/mol. The van der Waals surface area contributed by atoms with E-state index in [-0.39, 0.29) is 11.4 Å². The third-order valence-electron chi connectivity index (χ3n) is 2.65. The summed E-state index contributed by atoms with van der Waals surface area (Å²) in [5, 5.41) is 5.16. The molecule has 0 spiro atoms. The van der Waals surface area contributed by atoms with Crippen LogP contribution in [-0.2, 0) is 16.6 Å². The Morgan fingerprint density at radius 2 is 1.90 bits per heavy atom. The summed E-state index contributed by atoms with van der Waals surface area (Å²) in [6.45, 7) is 3.89. The summed E-state index contributed by atoms with van der Waals surface area (Å²) in [6.07, 6.45) is 0. The van der Waals surface area contributed by atoms with Crippen LogP contribution in [0, 0.1) is 13.8 Å². The molecule has 0 aliphatic carbocycles. The highest BCUT2D eigenvalue weighted by Gasteiger charge is 2.17. The molecule has 0 saturated carbocycles. The molecule has 1 heterocycles. The summed E-state index contributed by atoms with van der Waals surface area (Å²) in [4.78, 5) is 15.9. The van der Waals surface area contributed by atoms with Gasteiger partial charge in [0.1, 0.15) is 0 Å². The van der Waals surface area contributed by atoms with Crippen LogP contribution in [0.4, 0.5) is 4.79 Å². The summed E-state index contributed by atoms with van der Waals surface area (Å²) in [5.41, 5.74) is 1.64. The first-order chi connectivity index (χ1) is 9.87. The quantitative estimate of drug-likeness (QED) is 0.899. The SMILES string of the molecule is Cc1ccc(S(=O)(=O)NC(=O)NCc2csc(C)n2)cc1. The van der Waals surface area contributed by atoms with Gasteiger partial charge in [-0.3, -0.25) is 0 Å². The van der Waals surface area contributed by atoms with Gasteiger partial charge in [0.15, 0.2) is 0 Å². The number of amides is 2. The van der Waals surface area contributed by atoms with E-state index < -0.39 is 16.1 Å². The zero-order valence-corrected chi connectivity index (χ0v) is 13.2. The van der Waals surface area contributed by atoms with Gasteiger partial charge < -0.3 is 5.32 Å². The molecule has 0 unspecified atom stereocenters. The number of benzene rings is 1. The molecular formula is C13H15N3O3S2. The number of carbonyl (C=O) groups excluding carboxylic acids is 1. The van der Waals surface area contributed by atoms with Gasteiger partial charge in [0, 0.05) is 5.38 Å². The van der Waals surface area contributed by atoms with E-state index in [9.17, 15) is 13.2 Å². The second-order valence-corrected chi connectivity index (χ2v) is 7.20. The molecule has 0 aliphatic heterocycles. The number of nitrogens with zero attached hydrogens (tertiary/aromatic N) is 1. The molecular weight excluding hydrogens is 310 g/mol. The van der Waals surface area contributed by atoms with Crippen LogP contribution in [0.25, 0.3) is 0 Å². The van der Waals surface area contributed by atoms with E-state index in [0.717, 1.165) is 10.6 Å². The summed E-state index contributed by atoms with van der Waals surface area (Å²) < 4.78 is 25.9. The predicted octanol–water partition coefficient (Wildman–Crippen LogP) is 1.95. The first-order valence-corrected chi connectivity index (χ1v) is 8.51. The van der Waals surface area contributed by atoms with Gasteiger partial charge in [0.2, 0.25) is 0 Å². The number of hydrogen-bond acceptors (Lipinski definition) is 5. The highest BCUT2D eigenvalue weighted by Crippen LogP contribution is 2.10. The van der Waals surface area contributed by atoms with Crippen LogP contribution in [-0.4, -0.2) is 19.4 Å². The van der Waals surface area contributed by atoms with Gasteiger partial charge in [-0.05, 0) is 26.0 Å². The van der Waals surface area contributed by atoms with Crippen LogP contribution in [0.2, 0.25) is 0 Å². The number of aryl methyl sites for hydroxylation is 2. The first-order valence-electron chi connectivity index (χ1n) is 6.15. The average Bonchev–Trinajstić information content (AvgIpc) is 2.82. The largest absolute Gasteiger partial charge is 0.332 e. The number of nitrogens with one attached hydrogen (secondary N) is 2. The molecule has 0 atom stereocenters. The third-order valence-corrected chi connectivity index (χ3v) is 4.82. The van der Waals surface area contributed by atoms with Crippen molar-refractivity contribution in [2.75, 3.05) is 0 Å². The molecule has 0 bridgehead atoms. The molecule has 21 heavy (non-hydrogen) atoms. The number of carbonyl (C=O) groups is 1. The van der Waals surface area contributed by atoms with Crippen molar-refractivity contribution in [2.24, 2.45) is 0 Å². The third kappa shape index (κ3) is 4.27. The molecule has 1 aromatic heterocycles. The van der Waals surface area contributed by atoms with Crippen molar-refractivity contribution in [3.63, 3.8) is 0 Å². The van der Waals surface area contributed by atoms with Crippen molar-refractivity contribution < 1.29 is 13.2 Å². The fourth-order valence-corrected chi connectivity index (χ4v) is 3.14. The topological polar surface area (TPSA) is 88.2 Å². The maximum absolute atomic E-state index is 12.0. The summed E-state index contributed by atoms with van der Waals surface area (Å²) in [7, 11) is -3.86. The molecule has 2 N–H and O–H groups in total. The fourth-order valence-electron chi connectivity index (χ4n) is 1.59. The fraction of sp³-hybridized carbons (Fsp3) is 0.231. The lowest BCUT2D eigenvalue weighted by molar-refractivity contribution is 0.245. The normalized spacial score (nSPS) is 11.1. The van der Waals surface area contributed by atoms with E-state index in [0.29, 0.717) is 5.69 Å². The summed E-state index contributed by atoms with van der Waals surface area (Å²) in [6, 6.07) is 5.47. The number of urea groups is 1. The second-order valence-electron chi connectivity index (χ2n) is 4.46. The van der Waals surface area contributed by atoms with E-state index in [4.69, 9.17) is 0 Å². The monoisotopic (exact) mass is 325 g/mol. The predicted molar refractivity (Wildman–Crippen MR) is 80.6 cm³/mol. The van der Waals surface area contributed by atoms with Crippen LogP contribution in [0.15, 0.2) is 34.5 Å². The lowest BCUT2D eigenvalue weighted by Crippen LogP contribution is -2.39. The maximum atomic E-state index is 12.0. The van der Waals surface area contributed by atoms with Crippen molar-refractivity contribution in [1.29, 1.82) is 0 Å².